The summed E-state index contributed by atoms with van der Waals surface area (Å²) < 4.78 is 32.1. The second-order valence-electron chi connectivity index (χ2n) is 3.80. The van der Waals surface area contributed by atoms with E-state index >= 15 is 0 Å². The fourth-order valence-electron chi connectivity index (χ4n) is 1.13. The molecule has 98 valence electrons. The Morgan fingerprint density at radius 3 is 2.82 bits per heavy atom. The van der Waals surface area contributed by atoms with Gasteiger partial charge in [-0.2, -0.15) is 4.98 Å². The molecule has 2 N–H and O–H groups in total. The van der Waals surface area contributed by atoms with Gasteiger partial charge in [-0.15, -0.1) is 0 Å². The van der Waals surface area contributed by atoms with Crippen LogP contribution in [0.15, 0.2) is 4.52 Å². The van der Waals surface area contributed by atoms with Gasteiger partial charge >= 0.3 is 0 Å². The summed E-state index contributed by atoms with van der Waals surface area (Å²) in [6.45, 7) is 2.89. The second kappa shape index (κ2) is 6.08. The van der Waals surface area contributed by atoms with Crippen LogP contribution < -0.4 is 5.73 Å². The molecule has 0 saturated carbocycles. The molecule has 8 heteroatoms. The molecule has 0 aliphatic carbocycles. The number of hydrogen-bond donors (Lipinski definition) is 1. The Morgan fingerprint density at radius 1 is 1.53 bits per heavy atom. The highest BCUT2D eigenvalue weighted by Crippen LogP contribution is 2.09. The average Bonchev–Trinajstić information content (AvgIpc) is 2.64. The van der Waals surface area contributed by atoms with E-state index in [1.165, 1.54) is 0 Å². The molecular formula is C9H17N3O4S. The van der Waals surface area contributed by atoms with Crippen LogP contribution in [0.4, 0.5) is 0 Å². The number of aromatic nitrogens is 2. The zero-order valence-electron chi connectivity index (χ0n) is 9.92. The average molecular weight is 263 g/mol. The molecule has 0 saturated heterocycles. The molecule has 1 heterocycles. The van der Waals surface area contributed by atoms with Crippen molar-refractivity contribution < 1.29 is 17.7 Å². The molecule has 1 rings (SSSR count). The largest absolute Gasteiger partial charge is 0.379 e. The third kappa shape index (κ3) is 5.24. The van der Waals surface area contributed by atoms with Gasteiger partial charge in [-0.3, -0.25) is 0 Å². The van der Waals surface area contributed by atoms with Crippen LogP contribution in [0.3, 0.4) is 0 Å². The fourth-order valence-corrected chi connectivity index (χ4v) is 1.70. The number of nitrogens with two attached hydrogens (primary N) is 1. The van der Waals surface area contributed by atoms with Gasteiger partial charge in [0, 0.05) is 12.9 Å². The Labute approximate surface area is 100 Å². The van der Waals surface area contributed by atoms with Gasteiger partial charge < -0.3 is 15.0 Å². The highest BCUT2D eigenvalue weighted by molar-refractivity contribution is 7.89. The maximum Gasteiger partial charge on any atom is 0.241 e. The van der Waals surface area contributed by atoms with Gasteiger partial charge in [0.2, 0.25) is 5.89 Å². The zero-order chi connectivity index (χ0) is 12.9. The monoisotopic (exact) mass is 263 g/mol. The highest BCUT2D eigenvalue weighted by Gasteiger charge is 2.17. The lowest BCUT2D eigenvalue weighted by Gasteiger charge is -2.06. The topological polar surface area (TPSA) is 108 Å². The van der Waals surface area contributed by atoms with Crippen molar-refractivity contribution in [1.82, 2.24) is 10.1 Å². The first-order chi connectivity index (χ1) is 7.92. The highest BCUT2D eigenvalue weighted by atomic mass is 32.2. The Hall–Kier alpha value is -0.990. The molecule has 0 aromatic carbocycles. The molecule has 1 aromatic rings. The van der Waals surface area contributed by atoms with Crippen molar-refractivity contribution in [2.24, 2.45) is 5.73 Å². The first-order valence-corrected chi connectivity index (χ1v) is 7.32. The molecule has 0 spiro atoms. The van der Waals surface area contributed by atoms with E-state index in [1.54, 1.807) is 0 Å². The molecule has 1 atom stereocenters. The maximum absolute atomic E-state index is 11.0. The molecule has 17 heavy (non-hydrogen) atoms. The third-order valence-electron chi connectivity index (χ3n) is 1.85. The maximum atomic E-state index is 11.0. The van der Waals surface area contributed by atoms with Crippen molar-refractivity contribution in [3.05, 3.63) is 11.7 Å². The number of nitrogens with zero attached hydrogens (tertiary/aromatic N) is 2. The van der Waals surface area contributed by atoms with E-state index in [0.717, 1.165) is 12.7 Å². The second-order valence-corrected chi connectivity index (χ2v) is 5.94. The van der Waals surface area contributed by atoms with Crippen LogP contribution in [-0.4, -0.2) is 38.0 Å². The summed E-state index contributed by atoms with van der Waals surface area (Å²) in [7, 11) is -3.18. The van der Waals surface area contributed by atoms with Crippen LogP contribution in [0, 0.1) is 0 Å². The Balaban J connectivity index is 2.55. The number of rotatable bonds is 7. The predicted molar refractivity (Wildman–Crippen MR) is 60.9 cm³/mol. The minimum Gasteiger partial charge on any atom is -0.379 e. The SMILES string of the molecule is CCCOCC(N)c1noc(CS(C)(=O)=O)n1. The van der Waals surface area contributed by atoms with Crippen molar-refractivity contribution >= 4 is 9.84 Å². The van der Waals surface area contributed by atoms with Crippen LogP contribution in [0.1, 0.15) is 31.1 Å². The van der Waals surface area contributed by atoms with E-state index in [9.17, 15) is 8.42 Å². The molecule has 0 amide bonds. The third-order valence-corrected chi connectivity index (χ3v) is 2.62. The number of sulfone groups is 1. The molecule has 0 fully saturated rings. The summed E-state index contributed by atoms with van der Waals surface area (Å²) in [5.74, 6) is 0.0379. The summed E-state index contributed by atoms with van der Waals surface area (Å²) >= 11 is 0. The quantitative estimate of drug-likeness (QED) is 0.692. The molecule has 1 unspecified atom stereocenters. The van der Waals surface area contributed by atoms with Gasteiger partial charge in [-0.1, -0.05) is 12.1 Å². The summed E-state index contributed by atoms with van der Waals surface area (Å²) in [5, 5.41) is 3.62. The normalized spacial score (nSPS) is 13.8. The van der Waals surface area contributed by atoms with Gasteiger partial charge in [0.1, 0.15) is 5.75 Å². The summed E-state index contributed by atoms with van der Waals surface area (Å²) in [5.41, 5.74) is 5.75. The van der Waals surface area contributed by atoms with Gasteiger partial charge in [0.05, 0.1) is 12.6 Å². The predicted octanol–water partition coefficient (Wildman–Crippen LogP) is 0.0406. The van der Waals surface area contributed by atoms with Gasteiger partial charge in [-0.25, -0.2) is 8.42 Å². The van der Waals surface area contributed by atoms with Crippen LogP contribution in [0.5, 0.6) is 0 Å². The van der Waals surface area contributed by atoms with Crippen LogP contribution >= 0.6 is 0 Å². The van der Waals surface area contributed by atoms with E-state index in [-0.39, 0.29) is 24.1 Å². The van der Waals surface area contributed by atoms with Gasteiger partial charge in [-0.05, 0) is 6.42 Å². The van der Waals surface area contributed by atoms with Crippen molar-refractivity contribution in [3.8, 4) is 0 Å². The number of hydrogen-bond acceptors (Lipinski definition) is 7. The minimum absolute atomic E-state index is 0.0495. The lowest BCUT2D eigenvalue weighted by Crippen LogP contribution is -2.19. The molecule has 0 bridgehead atoms. The van der Waals surface area contributed by atoms with Crippen molar-refractivity contribution in [1.29, 1.82) is 0 Å². The zero-order valence-corrected chi connectivity index (χ0v) is 10.7. The number of ether oxygens (including phenoxy) is 1. The van der Waals surface area contributed by atoms with E-state index < -0.39 is 15.9 Å². The molecule has 7 nitrogen and oxygen atoms in total. The molecular weight excluding hydrogens is 246 g/mol. The summed E-state index contributed by atoms with van der Waals surface area (Å²) in [4.78, 5) is 3.91. The van der Waals surface area contributed by atoms with E-state index in [4.69, 9.17) is 15.0 Å². The standard InChI is InChI=1S/C9H17N3O4S/c1-3-4-15-5-7(10)9-11-8(16-12-9)6-17(2,13)14/h7H,3-6,10H2,1-2H3. The smallest absolute Gasteiger partial charge is 0.241 e. The summed E-state index contributed by atoms with van der Waals surface area (Å²) in [6, 6.07) is -0.501. The molecule has 1 aromatic heterocycles. The van der Waals surface area contributed by atoms with Crippen LogP contribution in [-0.2, 0) is 20.3 Å². The van der Waals surface area contributed by atoms with Gasteiger partial charge in [0.25, 0.3) is 0 Å². The van der Waals surface area contributed by atoms with E-state index in [2.05, 4.69) is 10.1 Å². The minimum atomic E-state index is -3.18. The van der Waals surface area contributed by atoms with Crippen LogP contribution in [0.25, 0.3) is 0 Å². The van der Waals surface area contributed by atoms with Crippen molar-refractivity contribution in [2.75, 3.05) is 19.5 Å². The lowest BCUT2D eigenvalue weighted by atomic mass is 10.3. The molecule has 0 aliphatic rings. The Bertz CT molecular complexity index is 443. The molecule has 0 radical (unpaired) electrons. The first-order valence-electron chi connectivity index (χ1n) is 5.26. The van der Waals surface area contributed by atoms with Gasteiger partial charge in [0.15, 0.2) is 15.7 Å². The van der Waals surface area contributed by atoms with Crippen molar-refractivity contribution in [2.45, 2.75) is 25.1 Å². The summed E-state index contributed by atoms with van der Waals surface area (Å²) in [6.07, 6.45) is 2.00. The Morgan fingerprint density at radius 2 is 2.24 bits per heavy atom. The Kier molecular flexibility index (Phi) is 5.03. The van der Waals surface area contributed by atoms with Crippen molar-refractivity contribution in [3.63, 3.8) is 0 Å². The fraction of sp³-hybridized carbons (Fsp3) is 0.778. The lowest BCUT2D eigenvalue weighted by molar-refractivity contribution is 0.119. The van der Waals surface area contributed by atoms with Crippen LogP contribution in [0.2, 0.25) is 0 Å². The first kappa shape index (κ1) is 14.1. The molecule has 0 aliphatic heterocycles. The van der Waals surface area contributed by atoms with E-state index in [1.807, 2.05) is 6.92 Å². The van der Waals surface area contributed by atoms with E-state index in [0.29, 0.717) is 6.61 Å².